The first kappa shape index (κ1) is 16.6. The third-order valence-corrected chi connectivity index (χ3v) is 4.59. The van der Waals surface area contributed by atoms with E-state index in [1.807, 2.05) is 25.2 Å². The Morgan fingerprint density at radius 2 is 2.10 bits per heavy atom. The Morgan fingerprint density at radius 1 is 1.33 bits per heavy atom. The van der Waals surface area contributed by atoms with E-state index in [4.69, 9.17) is 23.2 Å². The van der Waals surface area contributed by atoms with Crippen molar-refractivity contribution in [2.45, 2.75) is 33.0 Å². The summed E-state index contributed by atoms with van der Waals surface area (Å²) in [5.41, 5.74) is 1.06. The van der Waals surface area contributed by atoms with E-state index in [9.17, 15) is 0 Å². The van der Waals surface area contributed by atoms with Crippen LogP contribution in [0.25, 0.3) is 0 Å². The van der Waals surface area contributed by atoms with Crippen LogP contribution in [0.3, 0.4) is 0 Å². The van der Waals surface area contributed by atoms with Gasteiger partial charge in [-0.1, -0.05) is 37.0 Å². The minimum Gasteiger partial charge on any atom is -0.355 e. The lowest BCUT2D eigenvalue weighted by atomic mass is 10.2. The van der Waals surface area contributed by atoms with E-state index < -0.39 is 0 Å². The van der Waals surface area contributed by atoms with Crippen molar-refractivity contribution in [1.82, 2.24) is 10.3 Å². The minimum atomic E-state index is 0.420. The SMILES string of the molecule is CC(C)NCc1cc(N(C)Cc2ccc(Cl)s2)ncc1Cl. The zero-order valence-electron chi connectivity index (χ0n) is 12.4. The van der Waals surface area contributed by atoms with Gasteiger partial charge in [-0.2, -0.15) is 0 Å². The van der Waals surface area contributed by atoms with Gasteiger partial charge in [-0.05, 0) is 23.8 Å². The molecule has 2 aromatic rings. The molecule has 0 saturated carbocycles. The second-order valence-electron chi connectivity index (χ2n) is 5.23. The van der Waals surface area contributed by atoms with Gasteiger partial charge in [-0.3, -0.25) is 0 Å². The van der Waals surface area contributed by atoms with Gasteiger partial charge in [0.2, 0.25) is 0 Å². The molecule has 0 fully saturated rings. The van der Waals surface area contributed by atoms with E-state index in [-0.39, 0.29) is 0 Å². The molecule has 0 aliphatic carbocycles. The lowest BCUT2D eigenvalue weighted by molar-refractivity contribution is 0.588. The molecule has 1 N–H and O–H groups in total. The van der Waals surface area contributed by atoms with Gasteiger partial charge in [-0.15, -0.1) is 11.3 Å². The quantitative estimate of drug-likeness (QED) is 0.831. The number of hydrogen-bond acceptors (Lipinski definition) is 4. The second-order valence-corrected chi connectivity index (χ2v) is 7.44. The topological polar surface area (TPSA) is 28.2 Å². The standard InChI is InChI=1S/C15H19Cl2N3S/c1-10(2)18-7-11-6-15(19-8-13(11)16)20(3)9-12-4-5-14(17)21-12/h4-6,8,10,18H,7,9H2,1-3H3. The molecule has 0 unspecified atom stereocenters. The van der Waals surface area contributed by atoms with Gasteiger partial charge in [0.25, 0.3) is 0 Å². The number of aromatic nitrogens is 1. The summed E-state index contributed by atoms with van der Waals surface area (Å²) in [6.45, 7) is 5.75. The summed E-state index contributed by atoms with van der Waals surface area (Å²) in [5, 5.41) is 4.07. The van der Waals surface area contributed by atoms with Crippen molar-refractivity contribution in [2.24, 2.45) is 0 Å². The van der Waals surface area contributed by atoms with Crippen LogP contribution in [0.4, 0.5) is 5.82 Å². The normalized spacial score (nSPS) is 11.1. The first-order valence-electron chi connectivity index (χ1n) is 6.79. The summed E-state index contributed by atoms with van der Waals surface area (Å²) in [6.07, 6.45) is 1.71. The maximum atomic E-state index is 6.21. The van der Waals surface area contributed by atoms with Gasteiger partial charge < -0.3 is 10.2 Å². The lowest BCUT2D eigenvalue weighted by Crippen LogP contribution is -2.23. The third kappa shape index (κ3) is 4.85. The Morgan fingerprint density at radius 3 is 2.71 bits per heavy atom. The molecule has 114 valence electrons. The van der Waals surface area contributed by atoms with Crippen molar-refractivity contribution in [2.75, 3.05) is 11.9 Å². The zero-order chi connectivity index (χ0) is 15.4. The number of nitrogens with one attached hydrogen (secondary N) is 1. The van der Waals surface area contributed by atoms with E-state index in [2.05, 4.69) is 29.0 Å². The van der Waals surface area contributed by atoms with E-state index in [1.54, 1.807) is 17.5 Å². The second kappa shape index (κ2) is 7.45. The Balaban J connectivity index is 2.09. The molecule has 2 heterocycles. The van der Waals surface area contributed by atoms with Gasteiger partial charge >= 0.3 is 0 Å². The Hall–Kier alpha value is -0.810. The summed E-state index contributed by atoms with van der Waals surface area (Å²) < 4.78 is 0.810. The first-order valence-corrected chi connectivity index (χ1v) is 8.36. The Labute approximate surface area is 139 Å². The Bertz CT molecular complexity index is 598. The molecule has 6 heteroatoms. The van der Waals surface area contributed by atoms with E-state index >= 15 is 0 Å². The van der Waals surface area contributed by atoms with Crippen LogP contribution >= 0.6 is 34.5 Å². The van der Waals surface area contributed by atoms with Crippen molar-refractivity contribution >= 4 is 40.4 Å². The maximum Gasteiger partial charge on any atom is 0.128 e. The monoisotopic (exact) mass is 343 g/mol. The number of pyridine rings is 1. The predicted molar refractivity (Wildman–Crippen MR) is 92.7 cm³/mol. The summed E-state index contributed by atoms with van der Waals surface area (Å²) in [5.74, 6) is 0.907. The molecule has 2 aromatic heterocycles. The largest absolute Gasteiger partial charge is 0.355 e. The van der Waals surface area contributed by atoms with Crippen LogP contribution in [0.2, 0.25) is 9.36 Å². The lowest BCUT2D eigenvalue weighted by Gasteiger charge is -2.19. The van der Waals surface area contributed by atoms with Gasteiger partial charge in [0.1, 0.15) is 5.82 Å². The molecule has 0 amide bonds. The van der Waals surface area contributed by atoms with Crippen LogP contribution in [0.15, 0.2) is 24.4 Å². The van der Waals surface area contributed by atoms with Crippen LogP contribution in [0.5, 0.6) is 0 Å². The molecule has 0 aliphatic heterocycles. The number of anilines is 1. The van der Waals surface area contributed by atoms with E-state index in [0.717, 1.165) is 28.8 Å². The summed E-state index contributed by atoms with van der Waals surface area (Å²) >= 11 is 13.8. The highest BCUT2D eigenvalue weighted by Crippen LogP contribution is 2.25. The van der Waals surface area contributed by atoms with Crippen LogP contribution in [0.1, 0.15) is 24.3 Å². The number of hydrogen-bond donors (Lipinski definition) is 1. The molecular weight excluding hydrogens is 325 g/mol. The first-order chi connectivity index (χ1) is 9.95. The molecule has 0 aliphatic rings. The minimum absolute atomic E-state index is 0.420. The molecule has 0 bridgehead atoms. The fraction of sp³-hybridized carbons (Fsp3) is 0.400. The van der Waals surface area contributed by atoms with Crippen molar-refractivity contribution in [1.29, 1.82) is 0 Å². The maximum absolute atomic E-state index is 6.21. The highest BCUT2D eigenvalue weighted by Gasteiger charge is 2.09. The van der Waals surface area contributed by atoms with Gasteiger partial charge in [-0.25, -0.2) is 4.98 Å². The van der Waals surface area contributed by atoms with E-state index in [0.29, 0.717) is 11.1 Å². The number of halogens is 2. The number of rotatable bonds is 6. The number of thiophene rings is 1. The van der Waals surface area contributed by atoms with Crippen LogP contribution < -0.4 is 10.2 Å². The number of nitrogens with zero attached hydrogens (tertiary/aromatic N) is 2. The zero-order valence-corrected chi connectivity index (χ0v) is 14.7. The average Bonchev–Trinajstić information content (AvgIpc) is 2.83. The van der Waals surface area contributed by atoms with Gasteiger partial charge in [0, 0.05) is 30.7 Å². The fourth-order valence-electron chi connectivity index (χ4n) is 1.88. The third-order valence-electron chi connectivity index (χ3n) is 3.03. The molecule has 21 heavy (non-hydrogen) atoms. The molecule has 0 atom stereocenters. The summed E-state index contributed by atoms with van der Waals surface area (Å²) in [6, 6.07) is 6.42. The Kier molecular flexibility index (Phi) is 5.88. The highest BCUT2D eigenvalue weighted by molar-refractivity contribution is 7.16. The van der Waals surface area contributed by atoms with Crippen molar-refractivity contribution in [3.05, 3.63) is 44.2 Å². The van der Waals surface area contributed by atoms with Gasteiger partial charge in [0.05, 0.1) is 15.9 Å². The average molecular weight is 344 g/mol. The fourth-order valence-corrected chi connectivity index (χ4v) is 3.19. The highest BCUT2D eigenvalue weighted by atomic mass is 35.5. The molecular formula is C15H19Cl2N3S. The molecule has 0 radical (unpaired) electrons. The predicted octanol–water partition coefficient (Wildman–Crippen LogP) is 4.58. The summed E-state index contributed by atoms with van der Waals surface area (Å²) in [7, 11) is 2.02. The van der Waals surface area contributed by atoms with Crippen LogP contribution in [-0.4, -0.2) is 18.1 Å². The molecule has 2 rings (SSSR count). The smallest absolute Gasteiger partial charge is 0.128 e. The molecule has 3 nitrogen and oxygen atoms in total. The van der Waals surface area contributed by atoms with Crippen molar-refractivity contribution < 1.29 is 0 Å². The van der Waals surface area contributed by atoms with E-state index in [1.165, 1.54) is 4.88 Å². The van der Waals surface area contributed by atoms with Gasteiger partial charge in [0.15, 0.2) is 0 Å². The molecule has 0 spiro atoms. The summed E-state index contributed by atoms with van der Waals surface area (Å²) in [4.78, 5) is 7.71. The van der Waals surface area contributed by atoms with Crippen LogP contribution in [0, 0.1) is 0 Å². The van der Waals surface area contributed by atoms with Crippen molar-refractivity contribution in [3.63, 3.8) is 0 Å². The van der Waals surface area contributed by atoms with Crippen molar-refractivity contribution in [3.8, 4) is 0 Å². The molecule has 0 aromatic carbocycles. The van der Waals surface area contributed by atoms with Crippen LogP contribution in [-0.2, 0) is 13.1 Å². The molecule has 0 saturated heterocycles.